The van der Waals surface area contributed by atoms with Crippen molar-refractivity contribution in [2.75, 3.05) is 32.8 Å². The number of hydrogen-bond acceptors (Lipinski definition) is 6. The van der Waals surface area contributed by atoms with Gasteiger partial charge in [-0.1, -0.05) is 18.2 Å². The van der Waals surface area contributed by atoms with Gasteiger partial charge in [-0.2, -0.15) is 5.10 Å². The Morgan fingerprint density at radius 1 is 1.17 bits per heavy atom. The maximum atomic E-state index is 13.2. The second-order valence-electron chi connectivity index (χ2n) is 7.33. The summed E-state index contributed by atoms with van der Waals surface area (Å²) in [6.07, 6.45) is 4.04. The fourth-order valence-electron chi connectivity index (χ4n) is 3.69. The molecule has 4 rings (SSSR count). The van der Waals surface area contributed by atoms with Crippen LogP contribution in [-0.4, -0.2) is 68.7 Å². The van der Waals surface area contributed by atoms with Gasteiger partial charge in [0.1, 0.15) is 18.2 Å². The highest BCUT2D eigenvalue weighted by Crippen LogP contribution is 2.26. The number of aryl methyl sites for hydroxylation is 1. The predicted molar refractivity (Wildman–Crippen MR) is 112 cm³/mol. The summed E-state index contributed by atoms with van der Waals surface area (Å²) in [6.45, 7) is 5.47. The molecule has 1 aliphatic rings. The van der Waals surface area contributed by atoms with E-state index in [1.54, 1.807) is 24.5 Å². The number of nitrogens with one attached hydrogen (secondary N) is 1. The fourth-order valence-corrected chi connectivity index (χ4v) is 3.69. The van der Waals surface area contributed by atoms with Crippen molar-refractivity contribution in [1.82, 2.24) is 30.0 Å². The lowest BCUT2D eigenvalue weighted by Crippen LogP contribution is -2.38. The Bertz CT molecular complexity index is 947. The third-order valence-electron chi connectivity index (χ3n) is 5.25. The minimum atomic E-state index is -0.178. The molecule has 156 valence electrons. The molecule has 1 N–H and O–H groups in total. The van der Waals surface area contributed by atoms with E-state index in [1.165, 1.54) is 0 Å². The Kier molecular flexibility index (Phi) is 6.34. The molecule has 0 bridgehead atoms. The molecule has 3 heterocycles. The molecule has 8 heteroatoms. The highest BCUT2D eigenvalue weighted by Gasteiger charge is 2.32. The smallest absolute Gasteiger partial charge is 0.256 e. The average molecular weight is 406 g/mol. The van der Waals surface area contributed by atoms with Gasteiger partial charge in [-0.25, -0.2) is 4.98 Å². The maximum Gasteiger partial charge on any atom is 0.256 e. The van der Waals surface area contributed by atoms with Crippen LogP contribution >= 0.6 is 0 Å². The molecule has 2 aromatic heterocycles. The van der Waals surface area contributed by atoms with Crippen LogP contribution in [0.3, 0.4) is 0 Å². The summed E-state index contributed by atoms with van der Waals surface area (Å²) in [6, 6.07) is 13.2. The van der Waals surface area contributed by atoms with E-state index in [2.05, 4.69) is 25.1 Å². The maximum absolute atomic E-state index is 13.2. The molecule has 1 atom stereocenters. The molecule has 0 radical (unpaired) electrons. The highest BCUT2D eigenvalue weighted by atomic mass is 16.5. The lowest BCUT2D eigenvalue weighted by Gasteiger charge is -2.27. The van der Waals surface area contributed by atoms with Crippen LogP contribution in [0.15, 0.2) is 54.9 Å². The molecule has 1 amide bonds. The van der Waals surface area contributed by atoms with E-state index < -0.39 is 0 Å². The third-order valence-corrected chi connectivity index (χ3v) is 5.25. The molecule has 1 aliphatic heterocycles. The number of para-hydroxylation sites is 1. The van der Waals surface area contributed by atoms with E-state index in [0.29, 0.717) is 24.5 Å². The van der Waals surface area contributed by atoms with Crippen LogP contribution in [0.5, 0.6) is 5.75 Å². The molecule has 0 spiro atoms. The van der Waals surface area contributed by atoms with Gasteiger partial charge in [0, 0.05) is 38.6 Å². The zero-order chi connectivity index (χ0) is 20.8. The minimum Gasteiger partial charge on any atom is -0.492 e. The first kappa shape index (κ1) is 20.0. The number of hydrogen-bond donors (Lipinski definition) is 1. The Labute approximate surface area is 175 Å². The summed E-state index contributed by atoms with van der Waals surface area (Å²) < 4.78 is 5.85. The zero-order valence-electron chi connectivity index (χ0n) is 17.1. The lowest BCUT2D eigenvalue weighted by molar-refractivity contribution is 0.0676. The van der Waals surface area contributed by atoms with Gasteiger partial charge in [0.25, 0.3) is 5.91 Å². The zero-order valence-corrected chi connectivity index (χ0v) is 17.1. The Morgan fingerprint density at radius 3 is 2.77 bits per heavy atom. The van der Waals surface area contributed by atoms with Crippen LogP contribution in [0.1, 0.15) is 34.5 Å². The van der Waals surface area contributed by atoms with Gasteiger partial charge >= 0.3 is 0 Å². The van der Waals surface area contributed by atoms with Crippen molar-refractivity contribution in [2.24, 2.45) is 0 Å². The number of rotatable bonds is 6. The molecule has 30 heavy (non-hydrogen) atoms. The normalized spacial score (nSPS) is 17.5. The molecule has 1 saturated heterocycles. The number of aromatic nitrogens is 4. The highest BCUT2D eigenvalue weighted by molar-refractivity contribution is 5.94. The van der Waals surface area contributed by atoms with E-state index in [1.807, 2.05) is 42.2 Å². The van der Waals surface area contributed by atoms with Crippen LogP contribution in [0.2, 0.25) is 0 Å². The number of carbonyl (C=O) groups is 1. The van der Waals surface area contributed by atoms with E-state index in [0.717, 1.165) is 37.6 Å². The van der Waals surface area contributed by atoms with Crippen molar-refractivity contribution in [2.45, 2.75) is 19.4 Å². The largest absolute Gasteiger partial charge is 0.492 e. The van der Waals surface area contributed by atoms with Crippen molar-refractivity contribution in [3.63, 3.8) is 0 Å². The van der Waals surface area contributed by atoms with Gasteiger partial charge in [0.2, 0.25) is 0 Å². The first-order chi connectivity index (χ1) is 14.7. The molecule has 0 saturated carbocycles. The second kappa shape index (κ2) is 9.49. The summed E-state index contributed by atoms with van der Waals surface area (Å²) in [5.41, 5.74) is 0.579. The van der Waals surface area contributed by atoms with Crippen LogP contribution in [-0.2, 0) is 0 Å². The summed E-state index contributed by atoms with van der Waals surface area (Å²) in [7, 11) is 0. The monoisotopic (exact) mass is 406 g/mol. The SMILES string of the molecule is Cc1nc(C2CCN(CCOc3ccccc3)CCN2C(=O)c2cccnc2)n[nH]1. The van der Waals surface area contributed by atoms with Gasteiger partial charge in [-0.15, -0.1) is 0 Å². The average Bonchev–Trinajstić information content (AvgIpc) is 3.10. The van der Waals surface area contributed by atoms with Crippen LogP contribution in [0, 0.1) is 6.92 Å². The van der Waals surface area contributed by atoms with Crippen LogP contribution < -0.4 is 4.74 Å². The summed E-state index contributed by atoms with van der Waals surface area (Å²) in [5, 5.41) is 7.25. The fraction of sp³-hybridized carbons (Fsp3) is 0.364. The van der Waals surface area contributed by atoms with E-state index in [9.17, 15) is 4.79 Å². The first-order valence-corrected chi connectivity index (χ1v) is 10.2. The molecule has 1 fully saturated rings. The van der Waals surface area contributed by atoms with E-state index in [-0.39, 0.29) is 11.9 Å². The van der Waals surface area contributed by atoms with Gasteiger partial charge < -0.3 is 9.64 Å². The third kappa shape index (κ3) is 4.83. The predicted octanol–water partition coefficient (Wildman–Crippen LogP) is 2.48. The topological polar surface area (TPSA) is 87.2 Å². The Morgan fingerprint density at radius 2 is 2.03 bits per heavy atom. The molecule has 1 unspecified atom stereocenters. The number of carbonyl (C=O) groups excluding carboxylic acids is 1. The number of benzene rings is 1. The lowest BCUT2D eigenvalue weighted by atomic mass is 10.1. The first-order valence-electron chi connectivity index (χ1n) is 10.2. The minimum absolute atomic E-state index is 0.0436. The number of ether oxygens (including phenoxy) is 1. The number of nitrogens with zero attached hydrogens (tertiary/aromatic N) is 5. The molecular formula is C22H26N6O2. The van der Waals surface area contributed by atoms with Crippen molar-refractivity contribution >= 4 is 5.91 Å². The number of aromatic amines is 1. The Hall–Kier alpha value is -3.26. The quantitative estimate of drug-likeness (QED) is 0.677. The van der Waals surface area contributed by atoms with Crippen molar-refractivity contribution < 1.29 is 9.53 Å². The number of pyridine rings is 1. The van der Waals surface area contributed by atoms with Crippen molar-refractivity contribution in [1.29, 1.82) is 0 Å². The molecule has 8 nitrogen and oxygen atoms in total. The molecule has 0 aliphatic carbocycles. The van der Waals surface area contributed by atoms with Crippen LogP contribution in [0.25, 0.3) is 0 Å². The van der Waals surface area contributed by atoms with E-state index >= 15 is 0 Å². The standard InChI is InChI=1S/C22H26N6O2/c1-17-24-21(26-25-17)20-9-11-27(14-15-30-19-7-3-2-4-8-19)12-13-28(20)22(29)18-6-5-10-23-16-18/h2-8,10,16,20H,9,11-15H2,1H3,(H,24,25,26). The second-order valence-corrected chi connectivity index (χ2v) is 7.33. The van der Waals surface area contributed by atoms with Crippen LogP contribution in [0.4, 0.5) is 0 Å². The summed E-state index contributed by atoms with van der Waals surface area (Å²) in [5.74, 6) is 2.23. The van der Waals surface area contributed by atoms with Crippen molar-refractivity contribution in [3.05, 3.63) is 72.1 Å². The number of H-pyrrole nitrogens is 1. The van der Waals surface area contributed by atoms with Gasteiger partial charge in [-0.05, 0) is 37.6 Å². The van der Waals surface area contributed by atoms with Crippen molar-refractivity contribution in [3.8, 4) is 5.75 Å². The molecule has 1 aromatic carbocycles. The Balaban J connectivity index is 1.45. The summed E-state index contributed by atoms with van der Waals surface area (Å²) in [4.78, 5) is 26.0. The van der Waals surface area contributed by atoms with Gasteiger partial charge in [0.05, 0.1) is 11.6 Å². The summed E-state index contributed by atoms with van der Waals surface area (Å²) >= 11 is 0. The molecule has 3 aromatic rings. The molecular weight excluding hydrogens is 380 g/mol. The van der Waals surface area contributed by atoms with Gasteiger partial charge in [0.15, 0.2) is 5.82 Å². The van der Waals surface area contributed by atoms with Gasteiger partial charge in [-0.3, -0.25) is 19.8 Å². The number of amides is 1. The van der Waals surface area contributed by atoms with E-state index in [4.69, 9.17) is 4.74 Å².